The lowest BCUT2D eigenvalue weighted by Crippen LogP contribution is -2.40. The van der Waals surface area contributed by atoms with E-state index in [1.165, 1.54) is 14.0 Å². The van der Waals surface area contributed by atoms with Crippen molar-refractivity contribution in [3.63, 3.8) is 0 Å². The molecule has 0 bridgehead atoms. The summed E-state index contributed by atoms with van der Waals surface area (Å²) < 4.78 is 4.52. The van der Waals surface area contributed by atoms with Crippen LogP contribution < -0.4 is 5.32 Å². The molecule has 0 saturated heterocycles. The van der Waals surface area contributed by atoms with Gasteiger partial charge >= 0.3 is 5.97 Å². The second-order valence-corrected chi connectivity index (χ2v) is 2.64. The van der Waals surface area contributed by atoms with Crippen molar-refractivity contribution >= 4 is 11.9 Å². The number of nitrogens with one attached hydrogen (secondary N) is 1. The molecule has 13 heavy (non-hydrogen) atoms. The fourth-order valence-electron chi connectivity index (χ4n) is 0.921. The molecule has 0 aliphatic carbocycles. The van der Waals surface area contributed by atoms with Crippen LogP contribution in [0, 0.1) is 0 Å². The standard InChI is InChI=1S/C9H15NO3/c1-4-5-6-8(9(12)13-3)10-7(2)11/h4,8H,1,5-6H2,2-3H3,(H,10,11). The molecule has 0 aromatic carbocycles. The van der Waals surface area contributed by atoms with Gasteiger partial charge in [0, 0.05) is 6.92 Å². The smallest absolute Gasteiger partial charge is 0.328 e. The van der Waals surface area contributed by atoms with E-state index >= 15 is 0 Å². The second kappa shape index (κ2) is 6.22. The Bertz CT molecular complexity index is 201. The zero-order valence-electron chi connectivity index (χ0n) is 8.00. The molecule has 0 rings (SSSR count). The van der Waals surface area contributed by atoms with Crippen molar-refractivity contribution in [3.05, 3.63) is 12.7 Å². The van der Waals surface area contributed by atoms with Crippen LogP contribution in [-0.2, 0) is 14.3 Å². The van der Waals surface area contributed by atoms with Gasteiger partial charge in [-0.2, -0.15) is 0 Å². The fourth-order valence-corrected chi connectivity index (χ4v) is 0.921. The topological polar surface area (TPSA) is 55.4 Å². The number of amides is 1. The highest BCUT2D eigenvalue weighted by atomic mass is 16.5. The summed E-state index contributed by atoms with van der Waals surface area (Å²) in [6, 6.07) is -0.555. The van der Waals surface area contributed by atoms with Crippen LogP contribution in [0.25, 0.3) is 0 Å². The van der Waals surface area contributed by atoms with Crippen molar-refractivity contribution in [2.45, 2.75) is 25.8 Å². The lowest BCUT2D eigenvalue weighted by atomic mass is 10.1. The number of hydrogen-bond donors (Lipinski definition) is 1. The molecule has 0 fully saturated rings. The van der Waals surface area contributed by atoms with E-state index in [2.05, 4.69) is 16.6 Å². The minimum absolute atomic E-state index is 0.237. The van der Waals surface area contributed by atoms with Crippen molar-refractivity contribution in [1.82, 2.24) is 5.32 Å². The molecule has 1 unspecified atom stereocenters. The first-order chi connectivity index (χ1) is 6.11. The summed E-state index contributed by atoms with van der Waals surface area (Å²) in [6.45, 7) is 4.90. The van der Waals surface area contributed by atoms with E-state index in [1.54, 1.807) is 6.08 Å². The van der Waals surface area contributed by atoms with Crippen LogP contribution in [0.5, 0.6) is 0 Å². The van der Waals surface area contributed by atoms with Gasteiger partial charge in [0.25, 0.3) is 0 Å². The summed E-state index contributed by atoms with van der Waals surface area (Å²) in [5.74, 6) is -0.656. The van der Waals surface area contributed by atoms with E-state index < -0.39 is 12.0 Å². The molecule has 0 aromatic heterocycles. The molecule has 1 atom stereocenters. The molecular weight excluding hydrogens is 170 g/mol. The van der Waals surface area contributed by atoms with Crippen molar-refractivity contribution in [2.75, 3.05) is 7.11 Å². The fraction of sp³-hybridized carbons (Fsp3) is 0.556. The van der Waals surface area contributed by atoms with Crippen LogP contribution in [0.3, 0.4) is 0 Å². The Kier molecular flexibility index (Phi) is 5.59. The van der Waals surface area contributed by atoms with Gasteiger partial charge in [-0.05, 0) is 12.8 Å². The third-order valence-corrected chi connectivity index (χ3v) is 1.52. The molecule has 0 saturated carbocycles. The van der Waals surface area contributed by atoms with E-state index in [1.807, 2.05) is 0 Å². The van der Waals surface area contributed by atoms with Gasteiger partial charge < -0.3 is 10.1 Å². The average Bonchev–Trinajstić information content (AvgIpc) is 2.10. The van der Waals surface area contributed by atoms with Crippen LogP contribution in [0.4, 0.5) is 0 Å². The molecule has 0 radical (unpaired) electrons. The SMILES string of the molecule is C=CCCC(NC(C)=O)C(=O)OC. The van der Waals surface area contributed by atoms with E-state index in [4.69, 9.17) is 0 Å². The van der Waals surface area contributed by atoms with Crippen molar-refractivity contribution in [1.29, 1.82) is 0 Å². The lowest BCUT2D eigenvalue weighted by molar-refractivity contribution is -0.145. The Labute approximate surface area is 78.0 Å². The summed E-state index contributed by atoms with van der Waals surface area (Å²) in [4.78, 5) is 21.8. The van der Waals surface area contributed by atoms with E-state index in [0.717, 1.165) is 0 Å². The van der Waals surface area contributed by atoms with Crippen LogP contribution in [0.1, 0.15) is 19.8 Å². The Morgan fingerprint density at radius 1 is 1.62 bits per heavy atom. The van der Waals surface area contributed by atoms with Gasteiger partial charge in [-0.1, -0.05) is 6.08 Å². The molecule has 1 amide bonds. The first-order valence-electron chi connectivity index (χ1n) is 4.07. The molecule has 0 aliphatic heterocycles. The van der Waals surface area contributed by atoms with Gasteiger partial charge in [0.2, 0.25) is 5.91 Å². The van der Waals surface area contributed by atoms with Crippen LogP contribution in [-0.4, -0.2) is 25.0 Å². The first kappa shape index (κ1) is 11.7. The summed E-state index contributed by atoms with van der Waals surface area (Å²) >= 11 is 0. The minimum atomic E-state index is -0.555. The average molecular weight is 185 g/mol. The molecule has 74 valence electrons. The number of ether oxygens (including phenoxy) is 1. The molecule has 0 aromatic rings. The van der Waals surface area contributed by atoms with Gasteiger partial charge in [-0.3, -0.25) is 4.79 Å². The van der Waals surface area contributed by atoms with Crippen LogP contribution in [0.2, 0.25) is 0 Å². The second-order valence-electron chi connectivity index (χ2n) is 2.64. The monoisotopic (exact) mass is 185 g/mol. The van der Waals surface area contributed by atoms with E-state index in [0.29, 0.717) is 12.8 Å². The number of carbonyl (C=O) groups is 2. The lowest BCUT2D eigenvalue weighted by Gasteiger charge is -2.13. The third-order valence-electron chi connectivity index (χ3n) is 1.52. The molecular formula is C9H15NO3. The molecule has 1 N–H and O–H groups in total. The predicted octanol–water partition coefficient (Wildman–Crippen LogP) is 0.630. The van der Waals surface area contributed by atoms with Crippen molar-refractivity contribution < 1.29 is 14.3 Å². The largest absolute Gasteiger partial charge is 0.467 e. The van der Waals surface area contributed by atoms with Crippen molar-refractivity contribution in [3.8, 4) is 0 Å². The minimum Gasteiger partial charge on any atom is -0.467 e. The van der Waals surface area contributed by atoms with E-state index in [-0.39, 0.29) is 5.91 Å². The maximum absolute atomic E-state index is 11.1. The third kappa shape index (κ3) is 5.00. The molecule has 0 spiro atoms. The quantitative estimate of drug-likeness (QED) is 0.505. The Balaban J connectivity index is 4.09. The van der Waals surface area contributed by atoms with Gasteiger partial charge in [0.05, 0.1) is 7.11 Å². The maximum Gasteiger partial charge on any atom is 0.328 e. The number of rotatable bonds is 5. The molecule has 4 nitrogen and oxygen atoms in total. The number of allylic oxidation sites excluding steroid dienone is 1. The predicted molar refractivity (Wildman–Crippen MR) is 49.1 cm³/mol. The van der Waals surface area contributed by atoms with Crippen LogP contribution >= 0.6 is 0 Å². The Hall–Kier alpha value is -1.32. The summed E-state index contributed by atoms with van der Waals surface area (Å²) in [5, 5.41) is 2.50. The summed E-state index contributed by atoms with van der Waals surface area (Å²) in [5.41, 5.74) is 0. The molecule has 0 aliphatic rings. The van der Waals surface area contributed by atoms with Gasteiger partial charge in [-0.15, -0.1) is 6.58 Å². The summed E-state index contributed by atoms with van der Waals surface area (Å²) in [7, 11) is 1.30. The molecule has 0 heterocycles. The van der Waals surface area contributed by atoms with Gasteiger partial charge in [0.1, 0.15) is 6.04 Å². The zero-order chi connectivity index (χ0) is 10.3. The molecule has 4 heteroatoms. The highest BCUT2D eigenvalue weighted by molar-refractivity contribution is 5.83. The van der Waals surface area contributed by atoms with E-state index in [9.17, 15) is 9.59 Å². The van der Waals surface area contributed by atoms with Gasteiger partial charge in [0.15, 0.2) is 0 Å². The first-order valence-corrected chi connectivity index (χ1v) is 4.07. The number of carbonyl (C=O) groups excluding carboxylic acids is 2. The van der Waals surface area contributed by atoms with Crippen LogP contribution in [0.15, 0.2) is 12.7 Å². The maximum atomic E-state index is 11.1. The number of hydrogen-bond acceptors (Lipinski definition) is 3. The zero-order valence-corrected chi connectivity index (χ0v) is 8.00. The van der Waals surface area contributed by atoms with Crippen molar-refractivity contribution in [2.24, 2.45) is 0 Å². The normalized spacial score (nSPS) is 11.5. The van der Waals surface area contributed by atoms with Gasteiger partial charge in [-0.25, -0.2) is 4.79 Å². The number of methoxy groups -OCH3 is 1. The number of esters is 1. The highest BCUT2D eigenvalue weighted by Gasteiger charge is 2.18. The summed E-state index contributed by atoms with van der Waals surface area (Å²) in [6.07, 6.45) is 2.88. The highest BCUT2D eigenvalue weighted by Crippen LogP contribution is 1.99. The Morgan fingerprint density at radius 3 is 2.62 bits per heavy atom. The Morgan fingerprint density at radius 2 is 2.23 bits per heavy atom.